The molecule has 0 aliphatic rings. The summed E-state index contributed by atoms with van der Waals surface area (Å²) in [6, 6.07) is 5.48. The van der Waals surface area contributed by atoms with Crippen molar-refractivity contribution < 1.29 is 0 Å². The number of nitrogens with zero attached hydrogens (tertiary/aromatic N) is 2. The molecular formula is C16H21Cl2IN4S. The van der Waals surface area contributed by atoms with Crippen LogP contribution in [-0.2, 0) is 19.4 Å². The highest BCUT2D eigenvalue weighted by atomic mass is 127. The van der Waals surface area contributed by atoms with E-state index in [1.807, 2.05) is 18.3 Å². The Kier molecular flexibility index (Phi) is 9.95. The fourth-order valence-corrected chi connectivity index (χ4v) is 3.32. The third kappa shape index (κ3) is 6.74. The second-order valence-electron chi connectivity index (χ2n) is 4.91. The summed E-state index contributed by atoms with van der Waals surface area (Å²) in [6.07, 6.45) is 3.87. The number of hydrogen-bond donors (Lipinski definition) is 2. The maximum Gasteiger partial charge on any atom is 0.191 e. The van der Waals surface area contributed by atoms with Crippen LogP contribution in [0.4, 0.5) is 0 Å². The molecule has 2 N–H and O–H groups in total. The van der Waals surface area contributed by atoms with Crippen LogP contribution in [0.25, 0.3) is 0 Å². The normalized spacial score (nSPS) is 11.1. The molecule has 0 atom stereocenters. The summed E-state index contributed by atoms with van der Waals surface area (Å²) in [5.74, 6) is 0.739. The highest BCUT2D eigenvalue weighted by Gasteiger charge is 2.04. The molecule has 1 aromatic carbocycles. The zero-order chi connectivity index (χ0) is 16.7. The van der Waals surface area contributed by atoms with Crippen LogP contribution in [0.2, 0.25) is 10.0 Å². The van der Waals surface area contributed by atoms with E-state index in [1.165, 1.54) is 4.88 Å². The van der Waals surface area contributed by atoms with Gasteiger partial charge in [0.2, 0.25) is 0 Å². The fourth-order valence-electron chi connectivity index (χ4n) is 1.98. The van der Waals surface area contributed by atoms with E-state index >= 15 is 0 Å². The molecule has 0 aliphatic heterocycles. The monoisotopic (exact) mass is 498 g/mol. The van der Waals surface area contributed by atoms with Gasteiger partial charge in [-0.25, -0.2) is 4.98 Å². The molecule has 24 heavy (non-hydrogen) atoms. The number of guanidine groups is 1. The number of halogens is 3. The van der Waals surface area contributed by atoms with Crippen molar-refractivity contribution in [3.05, 3.63) is 49.9 Å². The Labute approximate surface area is 174 Å². The van der Waals surface area contributed by atoms with E-state index in [0.29, 0.717) is 16.6 Å². The van der Waals surface area contributed by atoms with E-state index in [0.717, 1.165) is 35.9 Å². The molecule has 8 heteroatoms. The Bertz CT molecular complexity index is 676. The third-order valence-electron chi connectivity index (χ3n) is 3.27. The van der Waals surface area contributed by atoms with Gasteiger partial charge in [-0.2, -0.15) is 0 Å². The standard InChI is InChI=1S/C16H20Cl2N4S.HI/c1-3-13-10-21-15(23-13)6-7-20-16(19-2)22-9-11-4-5-12(17)8-14(11)18;/h4-5,8,10H,3,6-7,9H2,1-2H3,(H2,19,20,22);1H. The minimum Gasteiger partial charge on any atom is -0.356 e. The topological polar surface area (TPSA) is 49.3 Å². The maximum absolute atomic E-state index is 6.16. The summed E-state index contributed by atoms with van der Waals surface area (Å²) in [6.45, 7) is 3.51. The van der Waals surface area contributed by atoms with E-state index in [4.69, 9.17) is 23.2 Å². The largest absolute Gasteiger partial charge is 0.356 e. The van der Waals surface area contributed by atoms with Gasteiger partial charge in [0.25, 0.3) is 0 Å². The molecule has 0 unspecified atom stereocenters. The van der Waals surface area contributed by atoms with Gasteiger partial charge in [-0.3, -0.25) is 4.99 Å². The Hall–Kier alpha value is -0.570. The first kappa shape index (κ1) is 21.5. The van der Waals surface area contributed by atoms with Gasteiger partial charge in [0.05, 0.1) is 5.01 Å². The number of rotatable bonds is 6. The zero-order valence-electron chi connectivity index (χ0n) is 13.6. The summed E-state index contributed by atoms with van der Waals surface area (Å²) in [5.41, 5.74) is 0.978. The molecule has 0 amide bonds. The van der Waals surface area contributed by atoms with Gasteiger partial charge >= 0.3 is 0 Å². The third-order valence-corrected chi connectivity index (χ3v) is 5.05. The fraction of sp³-hybridized carbons (Fsp3) is 0.375. The Morgan fingerprint density at radius 1 is 1.29 bits per heavy atom. The van der Waals surface area contributed by atoms with Crippen molar-refractivity contribution in [2.75, 3.05) is 13.6 Å². The van der Waals surface area contributed by atoms with E-state index in [1.54, 1.807) is 24.5 Å². The van der Waals surface area contributed by atoms with E-state index in [-0.39, 0.29) is 24.0 Å². The van der Waals surface area contributed by atoms with Crippen LogP contribution in [-0.4, -0.2) is 24.5 Å². The summed E-state index contributed by atoms with van der Waals surface area (Å²) >= 11 is 13.8. The Balaban J connectivity index is 0.00000288. The van der Waals surface area contributed by atoms with Crippen molar-refractivity contribution in [3.63, 3.8) is 0 Å². The van der Waals surface area contributed by atoms with Crippen molar-refractivity contribution in [1.29, 1.82) is 0 Å². The molecule has 0 radical (unpaired) electrons. The molecule has 0 bridgehead atoms. The summed E-state index contributed by atoms with van der Waals surface area (Å²) in [4.78, 5) is 9.94. The van der Waals surface area contributed by atoms with Crippen molar-refractivity contribution in [2.45, 2.75) is 26.3 Å². The number of nitrogens with one attached hydrogen (secondary N) is 2. The first-order valence-corrected chi connectivity index (χ1v) is 9.01. The quantitative estimate of drug-likeness (QED) is 0.349. The lowest BCUT2D eigenvalue weighted by Crippen LogP contribution is -2.37. The van der Waals surface area contributed by atoms with Crippen LogP contribution < -0.4 is 10.6 Å². The molecular weight excluding hydrogens is 478 g/mol. The number of aryl methyl sites for hydroxylation is 1. The minimum atomic E-state index is 0. The molecule has 4 nitrogen and oxygen atoms in total. The van der Waals surface area contributed by atoms with Gasteiger partial charge in [0, 0.05) is 47.7 Å². The van der Waals surface area contributed by atoms with Crippen molar-refractivity contribution in [1.82, 2.24) is 15.6 Å². The van der Waals surface area contributed by atoms with Gasteiger partial charge in [0.1, 0.15) is 0 Å². The van der Waals surface area contributed by atoms with Crippen LogP contribution in [0, 0.1) is 0 Å². The zero-order valence-corrected chi connectivity index (χ0v) is 18.3. The molecule has 0 spiro atoms. The predicted molar refractivity (Wildman–Crippen MR) is 115 cm³/mol. The van der Waals surface area contributed by atoms with Gasteiger partial charge in [0.15, 0.2) is 5.96 Å². The summed E-state index contributed by atoms with van der Waals surface area (Å²) < 4.78 is 0. The second kappa shape index (κ2) is 11.1. The average molecular weight is 499 g/mol. The minimum absolute atomic E-state index is 0. The van der Waals surface area contributed by atoms with E-state index in [9.17, 15) is 0 Å². The molecule has 0 fully saturated rings. The van der Waals surface area contributed by atoms with E-state index in [2.05, 4.69) is 27.5 Å². The molecule has 1 aromatic heterocycles. The van der Waals surface area contributed by atoms with Crippen LogP contribution in [0.15, 0.2) is 29.4 Å². The summed E-state index contributed by atoms with van der Waals surface area (Å²) in [5, 5.41) is 8.95. The molecule has 0 saturated carbocycles. The smallest absolute Gasteiger partial charge is 0.191 e. The molecule has 1 heterocycles. The van der Waals surface area contributed by atoms with Crippen molar-refractivity contribution >= 4 is 64.5 Å². The first-order chi connectivity index (χ1) is 11.1. The number of aromatic nitrogens is 1. The SMILES string of the molecule is CCc1cnc(CCNC(=NC)NCc2ccc(Cl)cc2Cl)s1.I. The van der Waals surface area contributed by atoms with E-state index < -0.39 is 0 Å². The molecule has 0 saturated heterocycles. The lowest BCUT2D eigenvalue weighted by Gasteiger charge is -2.12. The highest BCUT2D eigenvalue weighted by Crippen LogP contribution is 2.20. The second-order valence-corrected chi connectivity index (χ2v) is 6.96. The van der Waals surface area contributed by atoms with Gasteiger partial charge in [-0.1, -0.05) is 36.2 Å². The first-order valence-electron chi connectivity index (χ1n) is 7.44. The molecule has 2 rings (SSSR count). The van der Waals surface area contributed by atoms with Gasteiger partial charge < -0.3 is 10.6 Å². The van der Waals surface area contributed by atoms with Crippen molar-refractivity contribution in [3.8, 4) is 0 Å². The maximum atomic E-state index is 6.16. The number of aliphatic imine (C=N–C) groups is 1. The Morgan fingerprint density at radius 2 is 2.08 bits per heavy atom. The van der Waals surface area contributed by atoms with Crippen molar-refractivity contribution in [2.24, 2.45) is 4.99 Å². The van der Waals surface area contributed by atoms with Gasteiger partial charge in [-0.15, -0.1) is 35.3 Å². The lowest BCUT2D eigenvalue weighted by molar-refractivity contribution is 0.792. The highest BCUT2D eigenvalue weighted by molar-refractivity contribution is 14.0. The summed E-state index contributed by atoms with van der Waals surface area (Å²) in [7, 11) is 1.75. The number of thiazole rings is 1. The number of hydrogen-bond acceptors (Lipinski definition) is 3. The van der Waals surface area contributed by atoms with Crippen LogP contribution in [0.1, 0.15) is 22.4 Å². The average Bonchev–Trinajstić information content (AvgIpc) is 3.00. The lowest BCUT2D eigenvalue weighted by atomic mass is 10.2. The van der Waals surface area contributed by atoms with Crippen LogP contribution in [0.3, 0.4) is 0 Å². The molecule has 2 aromatic rings. The Morgan fingerprint density at radius 3 is 2.71 bits per heavy atom. The molecule has 132 valence electrons. The van der Waals surface area contributed by atoms with Crippen LogP contribution in [0.5, 0.6) is 0 Å². The molecule has 0 aliphatic carbocycles. The van der Waals surface area contributed by atoms with Gasteiger partial charge in [-0.05, 0) is 24.1 Å². The predicted octanol–water partition coefficient (Wildman–Crippen LogP) is 4.54. The van der Waals surface area contributed by atoms with Crippen LogP contribution >= 0.6 is 58.5 Å². The number of benzene rings is 1.